The van der Waals surface area contributed by atoms with Crippen molar-refractivity contribution in [3.63, 3.8) is 0 Å². The number of amides is 1. The molecule has 6 nitrogen and oxygen atoms in total. The molecule has 0 spiro atoms. The Bertz CT molecular complexity index is 668. The predicted octanol–water partition coefficient (Wildman–Crippen LogP) is 1.26. The van der Waals surface area contributed by atoms with Gasteiger partial charge in [-0.3, -0.25) is 4.79 Å². The lowest BCUT2D eigenvalue weighted by molar-refractivity contribution is -0.255. The van der Waals surface area contributed by atoms with E-state index in [-0.39, 0.29) is 11.6 Å². The van der Waals surface area contributed by atoms with Crippen molar-refractivity contribution in [3.8, 4) is 5.75 Å². The highest BCUT2D eigenvalue weighted by Gasteiger charge is 2.20. The van der Waals surface area contributed by atoms with Gasteiger partial charge in [0.15, 0.2) is 0 Å². The minimum Gasteiger partial charge on any atom is -0.543 e. The summed E-state index contributed by atoms with van der Waals surface area (Å²) in [6, 6.07) is 7.03. The number of para-hydroxylation sites is 2. The van der Waals surface area contributed by atoms with Crippen molar-refractivity contribution in [2.24, 2.45) is 0 Å². The minimum atomic E-state index is -1.35. The van der Waals surface area contributed by atoms with E-state index in [2.05, 4.69) is 10.3 Å². The van der Waals surface area contributed by atoms with Gasteiger partial charge in [-0.15, -0.1) is 11.3 Å². The molecule has 0 aliphatic carbocycles. The molecule has 0 fully saturated rings. The number of hydrogen-bond donors (Lipinski definition) is 1. The first-order chi connectivity index (χ1) is 10.0. The van der Waals surface area contributed by atoms with Crippen LogP contribution < -0.4 is 15.2 Å². The number of carbonyl (C=O) groups is 2. The molecular weight excluding hydrogens is 292 g/mol. The van der Waals surface area contributed by atoms with Crippen molar-refractivity contribution >= 4 is 28.9 Å². The first kappa shape index (κ1) is 15.0. The fourth-order valence-corrected chi connectivity index (χ4v) is 2.52. The summed E-state index contributed by atoms with van der Waals surface area (Å²) in [5.74, 6) is -1.67. The summed E-state index contributed by atoms with van der Waals surface area (Å²) in [6.07, 6.45) is 0. The fourth-order valence-electron chi connectivity index (χ4n) is 1.68. The number of benzene rings is 1. The van der Waals surface area contributed by atoms with Gasteiger partial charge >= 0.3 is 0 Å². The SMILES string of the molecule is COc1ccccc1NC(=O)[C@@H](C)c1nc(C(=O)[O-])cs1. The molecule has 110 valence electrons. The normalized spacial score (nSPS) is 11.7. The number of ether oxygens (including phenoxy) is 1. The summed E-state index contributed by atoms with van der Waals surface area (Å²) in [6.45, 7) is 1.66. The number of carbonyl (C=O) groups excluding carboxylic acids is 2. The van der Waals surface area contributed by atoms with Gasteiger partial charge in [0.25, 0.3) is 0 Å². The first-order valence-electron chi connectivity index (χ1n) is 6.13. The maximum absolute atomic E-state index is 12.2. The number of carboxylic acid groups (broad SMARTS) is 1. The molecule has 0 saturated heterocycles. The van der Waals surface area contributed by atoms with E-state index in [4.69, 9.17) is 4.74 Å². The molecule has 1 amide bonds. The second-order valence-corrected chi connectivity index (χ2v) is 5.16. The van der Waals surface area contributed by atoms with Gasteiger partial charge in [-0.25, -0.2) is 4.98 Å². The van der Waals surface area contributed by atoms with Gasteiger partial charge in [-0.1, -0.05) is 12.1 Å². The lowest BCUT2D eigenvalue weighted by atomic mass is 10.1. The summed E-state index contributed by atoms with van der Waals surface area (Å²) in [5, 5.41) is 15.2. The molecule has 0 saturated carbocycles. The summed E-state index contributed by atoms with van der Waals surface area (Å²) in [4.78, 5) is 26.8. The zero-order chi connectivity index (χ0) is 15.4. The maximum atomic E-state index is 12.2. The summed E-state index contributed by atoms with van der Waals surface area (Å²) in [5.41, 5.74) is 0.389. The van der Waals surface area contributed by atoms with E-state index in [0.29, 0.717) is 16.4 Å². The summed E-state index contributed by atoms with van der Waals surface area (Å²) < 4.78 is 5.15. The van der Waals surface area contributed by atoms with Crippen molar-refractivity contribution < 1.29 is 19.4 Å². The molecule has 1 aromatic carbocycles. The number of thiazole rings is 1. The van der Waals surface area contributed by atoms with Gasteiger partial charge in [0.2, 0.25) is 5.91 Å². The fraction of sp³-hybridized carbons (Fsp3) is 0.214. The van der Waals surface area contributed by atoms with Crippen LogP contribution in [0.25, 0.3) is 0 Å². The highest BCUT2D eigenvalue weighted by atomic mass is 32.1. The Kier molecular flexibility index (Phi) is 4.54. The lowest BCUT2D eigenvalue weighted by Gasteiger charge is -2.12. The van der Waals surface area contributed by atoms with Crippen molar-refractivity contribution in [2.45, 2.75) is 12.8 Å². The second-order valence-electron chi connectivity index (χ2n) is 4.27. The smallest absolute Gasteiger partial charge is 0.234 e. The van der Waals surface area contributed by atoms with Gasteiger partial charge < -0.3 is 20.0 Å². The third-order valence-corrected chi connectivity index (χ3v) is 3.89. The van der Waals surface area contributed by atoms with Crippen LogP contribution >= 0.6 is 11.3 Å². The molecule has 0 bridgehead atoms. The number of nitrogens with zero attached hydrogens (tertiary/aromatic N) is 1. The number of rotatable bonds is 5. The van der Waals surface area contributed by atoms with E-state index in [1.54, 1.807) is 31.2 Å². The maximum Gasteiger partial charge on any atom is 0.234 e. The standard InChI is InChI=1S/C14H14N2O4S/c1-8(13-16-10(7-21-13)14(18)19)12(17)15-9-5-3-4-6-11(9)20-2/h3-8H,1-2H3,(H,15,17)(H,18,19)/p-1/t8-/m1/s1. The van der Waals surface area contributed by atoms with E-state index in [0.717, 1.165) is 11.3 Å². The predicted molar refractivity (Wildman–Crippen MR) is 76.5 cm³/mol. The third kappa shape index (κ3) is 3.38. The van der Waals surface area contributed by atoms with Crippen LogP contribution in [0.5, 0.6) is 5.75 Å². The number of methoxy groups -OCH3 is 1. The summed E-state index contributed by atoms with van der Waals surface area (Å²) >= 11 is 1.11. The number of nitrogens with one attached hydrogen (secondary N) is 1. The molecule has 0 unspecified atom stereocenters. The molecule has 1 N–H and O–H groups in total. The van der Waals surface area contributed by atoms with Crippen LogP contribution in [0.2, 0.25) is 0 Å². The number of carboxylic acids is 1. The van der Waals surface area contributed by atoms with Crippen LogP contribution in [0, 0.1) is 0 Å². The molecule has 1 aromatic heterocycles. The van der Waals surface area contributed by atoms with Crippen molar-refractivity contribution in [1.82, 2.24) is 4.98 Å². The first-order valence-corrected chi connectivity index (χ1v) is 7.01. The van der Waals surface area contributed by atoms with Crippen LogP contribution in [0.3, 0.4) is 0 Å². The molecular formula is C14H13N2O4S-. The molecule has 0 aliphatic rings. The van der Waals surface area contributed by atoms with Gasteiger partial charge in [0, 0.05) is 5.38 Å². The molecule has 7 heteroatoms. The van der Waals surface area contributed by atoms with Crippen LogP contribution in [-0.4, -0.2) is 24.0 Å². The van der Waals surface area contributed by atoms with Crippen LogP contribution in [0.1, 0.15) is 28.3 Å². The molecule has 1 atom stereocenters. The van der Waals surface area contributed by atoms with E-state index < -0.39 is 11.9 Å². The number of aromatic carboxylic acids is 1. The largest absolute Gasteiger partial charge is 0.543 e. The van der Waals surface area contributed by atoms with E-state index in [1.165, 1.54) is 12.5 Å². The molecule has 1 heterocycles. The Hall–Kier alpha value is -2.41. The van der Waals surface area contributed by atoms with Crippen molar-refractivity contribution in [2.75, 3.05) is 12.4 Å². The number of hydrogen-bond acceptors (Lipinski definition) is 6. The highest BCUT2D eigenvalue weighted by Crippen LogP contribution is 2.26. The number of aromatic nitrogens is 1. The molecule has 21 heavy (non-hydrogen) atoms. The highest BCUT2D eigenvalue weighted by molar-refractivity contribution is 7.10. The minimum absolute atomic E-state index is 0.160. The van der Waals surface area contributed by atoms with E-state index in [9.17, 15) is 14.7 Å². The monoisotopic (exact) mass is 305 g/mol. The molecule has 0 radical (unpaired) electrons. The van der Waals surface area contributed by atoms with Crippen LogP contribution in [-0.2, 0) is 4.79 Å². The van der Waals surface area contributed by atoms with Gasteiger partial charge in [-0.05, 0) is 19.1 Å². The second kappa shape index (κ2) is 6.36. The van der Waals surface area contributed by atoms with E-state index >= 15 is 0 Å². The van der Waals surface area contributed by atoms with Crippen LogP contribution in [0.4, 0.5) is 5.69 Å². The Labute approximate surface area is 125 Å². The summed E-state index contributed by atoms with van der Waals surface area (Å²) in [7, 11) is 1.52. The molecule has 0 aliphatic heterocycles. The molecule has 2 aromatic rings. The zero-order valence-electron chi connectivity index (χ0n) is 11.5. The van der Waals surface area contributed by atoms with Crippen molar-refractivity contribution in [3.05, 3.63) is 40.3 Å². The Morgan fingerprint density at radius 3 is 2.71 bits per heavy atom. The van der Waals surface area contributed by atoms with Gasteiger partial charge in [0.1, 0.15) is 10.8 Å². The lowest BCUT2D eigenvalue weighted by Crippen LogP contribution is -2.23. The molecule has 2 rings (SSSR count). The van der Waals surface area contributed by atoms with E-state index in [1.807, 2.05) is 0 Å². The average molecular weight is 305 g/mol. The Morgan fingerprint density at radius 1 is 1.38 bits per heavy atom. The average Bonchev–Trinajstić information content (AvgIpc) is 2.97. The van der Waals surface area contributed by atoms with Gasteiger partial charge in [-0.2, -0.15) is 0 Å². The van der Waals surface area contributed by atoms with Gasteiger partial charge in [0.05, 0.1) is 30.4 Å². The zero-order valence-corrected chi connectivity index (χ0v) is 12.3. The Balaban J connectivity index is 2.13. The quantitative estimate of drug-likeness (QED) is 0.898. The van der Waals surface area contributed by atoms with Crippen molar-refractivity contribution in [1.29, 1.82) is 0 Å². The Morgan fingerprint density at radius 2 is 2.10 bits per heavy atom. The van der Waals surface area contributed by atoms with Crippen LogP contribution in [0.15, 0.2) is 29.6 Å². The topological polar surface area (TPSA) is 91.3 Å². The number of anilines is 1. The third-order valence-electron chi connectivity index (χ3n) is 2.86.